The molecule has 1 heterocycles. The molecule has 140 valence electrons. The van der Waals surface area contributed by atoms with Crippen LogP contribution in [0, 0.1) is 0 Å². The molecule has 1 aliphatic rings. The fourth-order valence-electron chi connectivity index (χ4n) is 3.11. The van der Waals surface area contributed by atoms with Crippen LogP contribution in [0.1, 0.15) is 32.7 Å². The van der Waals surface area contributed by atoms with Crippen LogP contribution in [-0.2, 0) is 16.1 Å². The van der Waals surface area contributed by atoms with Gasteiger partial charge < -0.3 is 9.64 Å². The summed E-state index contributed by atoms with van der Waals surface area (Å²) >= 11 is 0. The zero-order chi connectivity index (χ0) is 19.2. The SMILES string of the molecule is COCCN(Cc1ccccc1)C(=O)CCN1C(=O)c2ccccc2C1=O. The molecule has 0 bridgehead atoms. The quantitative estimate of drug-likeness (QED) is 0.673. The minimum absolute atomic E-state index is 0.0729. The molecule has 27 heavy (non-hydrogen) atoms. The van der Waals surface area contributed by atoms with Crippen molar-refractivity contribution in [3.05, 3.63) is 71.3 Å². The minimum atomic E-state index is -0.338. The Morgan fingerprint density at radius 3 is 2.15 bits per heavy atom. The second-order valence-electron chi connectivity index (χ2n) is 6.35. The Labute approximate surface area is 158 Å². The average molecular weight is 366 g/mol. The predicted octanol–water partition coefficient (Wildman–Crippen LogP) is 2.35. The maximum Gasteiger partial charge on any atom is 0.261 e. The number of imide groups is 1. The van der Waals surface area contributed by atoms with Gasteiger partial charge in [0.15, 0.2) is 0 Å². The lowest BCUT2D eigenvalue weighted by molar-refractivity contribution is -0.132. The Balaban J connectivity index is 1.64. The first-order valence-corrected chi connectivity index (χ1v) is 8.87. The second kappa shape index (κ2) is 8.60. The first kappa shape index (κ1) is 18.8. The lowest BCUT2D eigenvalue weighted by atomic mass is 10.1. The monoisotopic (exact) mass is 366 g/mol. The minimum Gasteiger partial charge on any atom is -0.383 e. The Kier molecular flexibility index (Phi) is 5.98. The van der Waals surface area contributed by atoms with Gasteiger partial charge in [0, 0.05) is 33.2 Å². The average Bonchev–Trinajstić information content (AvgIpc) is 2.94. The van der Waals surface area contributed by atoms with Crippen molar-refractivity contribution in [2.75, 3.05) is 26.8 Å². The predicted molar refractivity (Wildman–Crippen MR) is 100 cm³/mol. The van der Waals surface area contributed by atoms with Crippen molar-refractivity contribution in [1.29, 1.82) is 0 Å². The number of amides is 3. The Morgan fingerprint density at radius 1 is 0.963 bits per heavy atom. The van der Waals surface area contributed by atoms with Crippen LogP contribution in [-0.4, -0.2) is 54.3 Å². The number of methoxy groups -OCH3 is 1. The molecule has 0 saturated heterocycles. The fraction of sp³-hybridized carbons (Fsp3) is 0.286. The highest BCUT2D eigenvalue weighted by atomic mass is 16.5. The van der Waals surface area contributed by atoms with Gasteiger partial charge in [-0.3, -0.25) is 19.3 Å². The number of hydrogen-bond acceptors (Lipinski definition) is 4. The van der Waals surface area contributed by atoms with Crippen LogP contribution < -0.4 is 0 Å². The van der Waals surface area contributed by atoms with Gasteiger partial charge in [0.25, 0.3) is 11.8 Å². The van der Waals surface area contributed by atoms with E-state index < -0.39 is 0 Å². The normalized spacial score (nSPS) is 13.0. The Hall–Kier alpha value is -2.99. The summed E-state index contributed by atoms with van der Waals surface area (Å²) < 4.78 is 5.10. The van der Waals surface area contributed by atoms with Gasteiger partial charge in [-0.05, 0) is 17.7 Å². The molecule has 1 aliphatic heterocycles. The summed E-state index contributed by atoms with van der Waals surface area (Å²) in [6.07, 6.45) is 0.0853. The van der Waals surface area contributed by atoms with Crippen molar-refractivity contribution in [3.63, 3.8) is 0 Å². The van der Waals surface area contributed by atoms with Gasteiger partial charge in [-0.2, -0.15) is 0 Å². The molecule has 0 atom stereocenters. The van der Waals surface area contributed by atoms with Gasteiger partial charge >= 0.3 is 0 Å². The van der Waals surface area contributed by atoms with Gasteiger partial charge in [0.1, 0.15) is 0 Å². The molecular formula is C21H22N2O4. The van der Waals surface area contributed by atoms with Crippen molar-refractivity contribution in [1.82, 2.24) is 9.80 Å². The maximum atomic E-state index is 12.7. The van der Waals surface area contributed by atoms with Crippen molar-refractivity contribution >= 4 is 17.7 Å². The number of carbonyl (C=O) groups is 3. The van der Waals surface area contributed by atoms with Crippen molar-refractivity contribution < 1.29 is 19.1 Å². The van der Waals surface area contributed by atoms with Crippen LogP contribution in [0.25, 0.3) is 0 Å². The van der Waals surface area contributed by atoms with E-state index in [4.69, 9.17) is 4.74 Å². The highest BCUT2D eigenvalue weighted by Crippen LogP contribution is 2.22. The van der Waals surface area contributed by atoms with Crippen LogP contribution >= 0.6 is 0 Å². The van der Waals surface area contributed by atoms with E-state index >= 15 is 0 Å². The molecule has 3 amide bonds. The lowest BCUT2D eigenvalue weighted by Crippen LogP contribution is -2.38. The van der Waals surface area contributed by atoms with Crippen LogP contribution in [0.4, 0.5) is 0 Å². The number of ether oxygens (including phenoxy) is 1. The summed E-state index contributed by atoms with van der Waals surface area (Å²) in [4.78, 5) is 40.4. The molecule has 0 N–H and O–H groups in total. The summed E-state index contributed by atoms with van der Waals surface area (Å²) in [5, 5.41) is 0. The number of fused-ring (bicyclic) bond motifs is 1. The molecule has 2 aromatic carbocycles. The van der Waals surface area contributed by atoms with Crippen LogP contribution in [0.2, 0.25) is 0 Å². The number of rotatable bonds is 8. The molecule has 0 fully saturated rings. The molecule has 0 aromatic heterocycles. The standard InChI is InChI=1S/C21H22N2O4/c1-27-14-13-22(15-16-7-3-2-4-8-16)19(24)11-12-23-20(25)17-9-5-6-10-18(17)21(23)26/h2-10H,11-15H2,1H3. The molecule has 0 unspecified atom stereocenters. The van der Waals surface area contributed by atoms with E-state index in [0.717, 1.165) is 10.5 Å². The number of hydrogen-bond donors (Lipinski definition) is 0. The van der Waals surface area contributed by atoms with Crippen LogP contribution in [0.5, 0.6) is 0 Å². The van der Waals surface area contributed by atoms with E-state index in [1.165, 1.54) is 0 Å². The molecule has 0 aliphatic carbocycles. The van der Waals surface area contributed by atoms with Gasteiger partial charge in [-0.1, -0.05) is 42.5 Å². The lowest BCUT2D eigenvalue weighted by Gasteiger charge is -2.23. The third-order valence-electron chi connectivity index (χ3n) is 4.56. The van der Waals surface area contributed by atoms with Gasteiger partial charge in [-0.15, -0.1) is 0 Å². The Bertz CT molecular complexity index is 800. The molecule has 0 spiro atoms. The van der Waals surface area contributed by atoms with Crippen molar-refractivity contribution in [2.45, 2.75) is 13.0 Å². The Morgan fingerprint density at radius 2 is 1.56 bits per heavy atom. The molecule has 3 rings (SSSR count). The van der Waals surface area contributed by atoms with Crippen molar-refractivity contribution in [2.24, 2.45) is 0 Å². The first-order chi connectivity index (χ1) is 13.1. The number of benzene rings is 2. The van der Waals surface area contributed by atoms with E-state index in [1.807, 2.05) is 30.3 Å². The number of carbonyl (C=O) groups excluding carboxylic acids is 3. The zero-order valence-corrected chi connectivity index (χ0v) is 15.3. The molecule has 6 heteroatoms. The summed E-state index contributed by atoms with van der Waals surface area (Å²) in [6, 6.07) is 16.4. The molecule has 2 aromatic rings. The maximum absolute atomic E-state index is 12.7. The molecule has 0 radical (unpaired) electrons. The van der Waals surface area contributed by atoms with E-state index in [9.17, 15) is 14.4 Å². The van der Waals surface area contributed by atoms with Crippen LogP contribution in [0.15, 0.2) is 54.6 Å². The summed E-state index contributed by atoms with van der Waals surface area (Å²) in [6.45, 7) is 1.41. The highest BCUT2D eigenvalue weighted by Gasteiger charge is 2.35. The number of nitrogens with zero attached hydrogens (tertiary/aromatic N) is 2. The second-order valence-corrected chi connectivity index (χ2v) is 6.35. The third kappa shape index (κ3) is 4.23. The summed E-state index contributed by atoms with van der Waals surface area (Å²) in [5.74, 6) is -0.794. The topological polar surface area (TPSA) is 66.9 Å². The molecule has 0 saturated carbocycles. The van der Waals surface area contributed by atoms with Crippen molar-refractivity contribution in [3.8, 4) is 0 Å². The summed E-state index contributed by atoms with van der Waals surface area (Å²) in [5.41, 5.74) is 1.81. The van der Waals surface area contributed by atoms with E-state index in [1.54, 1.807) is 36.3 Å². The van der Waals surface area contributed by atoms with Crippen LogP contribution in [0.3, 0.4) is 0 Å². The largest absolute Gasteiger partial charge is 0.383 e. The highest BCUT2D eigenvalue weighted by molar-refractivity contribution is 6.21. The zero-order valence-electron chi connectivity index (χ0n) is 15.3. The van der Waals surface area contributed by atoms with E-state index in [0.29, 0.717) is 30.8 Å². The van der Waals surface area contributed by atoms with E-state index in [2.05, 4.69) is 0 Å². The first-order valence-electron chi connectivity index (χ1n) is 8.87. The smallest absolute Gasteiger partial charge is 0.261 e. The van der Waals surface area contributed by atoms with Gasteiger partial charge in [-0.25, -0.2) is 0 Å². The molecule has 6 nitrogen and oxygen atoms in total. The van der Waals surface area contributed by atoms with Gasteiger partial charge in [0.05, 0.1) is 17.7 Å². The fourth-order valence-corrected chi connectivity index (χ4v) is 3.11. The summed E-state index contributed by atoms with van der Waals surface area (Å²) in [7, 11) is 1.59. The third-order valence-corrected chi connectivity index (χ3v) is 4.56. The molecular weight excluding hydrogens is 344 g/mol. The van der Waals surface area contributed by atoms with E-state index in [-0.39, 0.29) is 30.7 Å². The van der Waals surface area contributed by atoms with Gasteiger partial charge in [0.2, 0.25) is 5.91 Å².